The number of likely N-dealkylation sites (N-methyl/N-ethyl adjacent to an activating group) is 1. The van der Waals surface area contributed by atoms with Gasteiger partial charge in [-0.05, 0) is 39.9 Å². The Morgan fingerprint density at radius 1 is 1.37 bits per heavy atom. The second-order valence-corrected chi connectivity index (χ2v) is 4.81. The topological polar surface area (TPSA) is 41.6 Å². The van der Waals surface area contributed by atoms with Crippen molar-refractivity contribution in [2.75, 3.05) is 33.8 Å². The molecule has 0 aliphatic heterocycles. The number of rotatable bonds is 8. The molecular formula is C12H23F3N2O2. The number of carbonyl (C=O) groups is 1. The van der Waals surface area contributed by atoms with Crippen molar-refractivity contribution in [1.29, 1.82) is 0 Å². The summed E-state index contributed by atoms with van der Waals surface area (Å²) in [7, 11) is 2.71. The van der Waals surface area contributed by atoms with Gasteiger partial charge in [-0.3, -0.25) is 9.69 Å². The Balaban J connectivity index is 4.24. The summed E-state index contributed by atoms with van der Waals surface area (Å²) in [5.41, 5.74) is -0.845. The number of nitrogens with one attached hydrogen (secondary N) is 1. The highest BCUT2D eigenvalue weighted by Gasteiger charge is 2.33. The molecule has 0 aromatic rings. The van der Waals surface area contributed by atoms with E-state index in [4.69, 9.17) is 4.74 Å². The lowest BCUT2D eigenvalue weighted by Gasteiger charge is -2.28. The highest BCUT2D eigenvalue weighted by atomic mass is 19.4. The van der Waals surface area contributed by atoms with E-state index in [0.29, 0.717) is 19.4 Å². The molecule has 0 rings (SSSR count). The number of hydrogen-bond donors (Lipinski definition) is 1. The zero-order chi connectivity index (χ0) is 15.1. The lowest BCUT2D eigenvalue weighted by Crippen LogP contribution is -2.50. The molecule has 0 spiro atoms. The minimum Gasteiger partial charge on any atom is -0.468 e. The van der Waals surface area contributed by atoms with Crippen LogP contribution in [0.3, 0.4) is 0 Å². The molecule has 0 amide bonds. The Hall–Kier alpha value is -0.820. The van der Waals surface area contributed by atoms with Gasteiger partial charge in [-0.15, -0.1) is 0 Å². The van der Waals surface area contributed by atoms with Crippen molar-refractivity contribution in [3.05, 3.63) is 0 Å². The first-order valence-corrected chi connectivity index (χ1v) is 6.23. The van der Waals surface area contributed by atoms with Gasteiger partial charge >= 0.3 is 12.1 Å². The van der Waals surface area contributed by atoms with Crippen LogP contribution in [-0.2, 0) is 9.53 Å². The van der Waals surface area contributed by atoms with Crippen molar-refractivity contribution < 1.29 is 22.7 Å². The summed E-state index contributed by atoms with van der Waals surface area (Å²) >= 11 is 0. The molecule has 0 aromatic heterocycles. The highest BCUT2D eigenvalue weighted by Crippen LogP contribution is 2.18. The van der Waals surface area contributed by atoms with E-state index in [9.17, 15) is 18.0 Å². The monoisotopic (exact) mass is 284 g/mol. The Labute approximate surface area is 112 Å². The molecule has 19 heavy (non-hydrogen) atoms. The zero-order valence-electron chi connectivity index (χ0n) is 11.9. The Kier molecular flexibility index (Phi) is 7.36. The van der Waals surface area contributed by atoms with Gasteiger partial charge < -0.3 is 10.1 Å². The molecule has 0 radical (unpaired) electrons. The van der Waals surface area contributed by atoms with Crippen molar-refractivity contribution in [2.24, 2.45) is 0 Å². The second-order valence-electron chi connectivity index (χ2n) is 4.81. The van der Waals surface area contributed by atoms with Crippen molar-refractivity contribution in [3.8, 4) is 0 Å². The molecule has 0 aromatic carbocycles. The first-order valence-electron chi connectivity index (χ1n) is 6.23. The van der Waals surface area contributed by atoms with Crippen LogP contribution in [0.4, 0.5) is 13.2 Å². The minimum absolute atomic E-state index is 0.275. The van der Waals surface area contributed by atoms with Gasteiger partial charge in [0.2, 0.25) is 0 Å². The van der Waals surface area contributed by atoms with Crippen LogP contribution < -0.4 is 5.32 Å². The number of nitrogens with zero attached hydrogens (tertiary/aromatic N) is 1. The fourth-order valence-corrected chi connectivity index (χ4v) is 1.97. The normalized spacial score (nSPS) is 15.4. The molecule has 1 atom stereocenters. The number of ether oxygens (including phenoxy) is 1. The average molecular weight is 284 g/mol. The Morgan fingerprint density at radius 2 is 1.95 bits per heavy atom. The van der Waals surface area contributed by atoms with Crippen LogP contribution in [0.15, 0.2) is 0 Å². The molecule has 0 aliphatic rings. The summed E-state index contributed by atoms with van der Waals surface area (Å²) in [5, 5.41) is 3.02. The molecule has 0 fully saturated rings. The van der Waals surface area contributed by atoms with Gasteiger partial charge in [0.15, 0.2) is 0 Å². The van der Waals surface area contributed by atoms with Crippen LogP contribution in [-0.4, -0.2) is 56.4 Å². The number of hydrogen-bond acceptors (Lipinski definition) is 4. The molecule has 114 valence electrons. The Morgan fingerprint density at radius 3 is 2.37 bits per heavy atom. The summed E-state index contributed by atoms with van der Waals surface area (Å²) in [6, 6.07) is 0. The molecule has 1 N–H and O–H groups in total. The highest BCUT2D eigenvalue weighted by molar-refractivity contribution is 5.80. The van der Waals surface area contributed by atoms with Crippen molar-refractivity contribution in [2.45, 2.75) is 38.4 Å². The van der Waals surface area contributed by atoms with E-state index in [1.807, 2.05) is 6.92 Å². The maximum absolute atomic E-state index is 12.1. The Bertz CT molecular complexity index is 285. The van der Waals surface area contributed by atoms with E-state index < -0.39 is 24.2 Å². The van der Waals surface area contributed by atoms with Crippen LogP contribution >= 0.6 is 0 Å². The lowest BCUT2D eigenvalue weighted by molar-refractivity contribution is -0.149. The molecule has 7 heteroatoms. The molecule has 0 aliphatic carbocycles. The predicted octanol–water partition coefficient (Wildman–Crippen LogP) is 1.80. The molecule has 0 saturated carbocycles. The predicted molar refractivity (Wildman–Crippen MR) is 66.9 cm³/mol. The summed E-state index contributed by atoms with van der Waals surface area (Å²) in [4.78, 5) is 12.8. The van der Waals surface area contributed by atoms with Crippen LogP contribution in [0, 0.1) is 0 Å². The van der Waals surface area contributed by atoms with Crippen molar-refractivity contribution in [1.82, 2.24) is 10.2 Å². The van der Waals surface area contributed by atoms with Crippen LogP contribution in [0.5, 0.6) is 0 Å². The number of methoxy groups -OCH3 is 1. The van der Waals surface area contributed by atoms with E-state index in [-0.39, 0.29) is 6.54 Å². The lowest BCUT2D eigenvalue weighted by atomic mass is 9.95. The van der Waals surface area contributed by atoms with E-state index in [2.05, 4.69) is 5.32 Å². The smallest absolute Gasteiger partial charge is 0.401 e. The maximum Gasteiger partial charge on any atom is 0.401 e. The minimum atomic E-state index is -4.19. The third-order valence-corrected chi connectivity index (χ3v) is 2.87. The van der Waals surface area contributed by atoms with Crippen molar-refractivity contribution >= 4 is 5.97 Å². The molecule has 1 unspecified atom stereocenters. The van der Waals surface area contributed by atoms with Gasteiger partial charge in [-0.25, -0.2) is 0 Å². The van der Waals surface area contributed by atoms with E-state index in [1.54, 1.807) is 6.92 Å². The third kappa shape index (κ3) is 7.37. The van der Waals surface area contributed by atoms with Gasteiger partial charge in [-0.1, -0.05) is 6.92 Å². The zero-order valence-corrected chi connectivity index (χ0v) is 11.9. The van der Waals surface area contributed by atoms with Crippen LogP contribution in [0.2, 0.25) is 0 Å². The van der Waals surface area contributed by atoms with Gasteiger partial charge in [0.25, 0.3) is 0 Å². The second kappa shape index (κ2) is 7.69. The van der Waals surface area contributed by atoms with Gasteiger partial charge in [0, 0.05) is 0 Å². The van der Waals surface area contributed by atoms with Crippen LogP contribution in [0.1, 0.15) is 26.7 Å². The average Bonchev–Trinajstić information content (AvgIpc) is 2.25. The standard InChI is InChI=1S/C12H23F3N2O2/c1-5-16-11(2,10(18)19-4)7-6-8-17(3)9-12(13,14)15/h16H,5-9H2,1-4H3. The summed E-state index contributed by atoms with van der Waals surface area (Å²) in [6.45, 7) is 3.48. The van der Waals surface area contributed by atoms with Gasteiger partial charge in [-0.2, -0.15) is 13.2 Å². The fraction of sp³-hybridized carbons (Fsp3) is 0.917. The summed E-state index contributed by atoms with van der Waals surface area (Å²) in [5.74, 6) is -0.396. The quantitative estimate of drug-likeness (QED) is 0.690. The largest absolute Gasteiger partial charge is 0.468 e. The molecule has 0 saturated heterocycles. The number of carbonyl (C=O) groups excluding carboxylic acids is 1. The van der Waals surface area contributed by atoms with Crippen LogP contribution in [0.25, 0.3) is 0 Å². The van der Waals surface area contributed by atoms with Gasteiger partial charge in [0.1, 0.15) is 5.54 Å². The molecule has 0 heterocycles. The van der Waals surface area contributed by atoms with Crippen molar-refractivity contribution in [3.63, 3.8) is 0 Å². The summed E-state index contributed by atoms with van der Waals surface area (Å²) < 4.78 is 41.1. The fourth-order valence-electron chi connectivity index (χ4n) is 1.97. The molecule has 4 nitrogen and oxygen atoms in total. The summed E-state index contributed by atoms with van der Waals surface area (Å²) in [6.07, 6.45) is -3.29. The van der Waals surface area contributed by atoms with E-state index in [0.717, 1.165) is 0 Å². The first-order chi connectivity index (χ1) is 8.64. The SMILES string of the molecule is CCNC(C)(CCCN(C)CC(F)(F)F)C(=O)OC. The maximum atomic E-state index is 12.1. The molecular weight excluding hydrogens is 261 g/mol. The van der Waals surface area contributed by atoms with E-state index in [1.165, 1.54) is 19.1 Å². The van der Waals surface area contributed by atoms with E-state index >= 15 is 0 Å². The number of alkyl halides is 3. The number of halogens is 3. The number of esters is 1. The first kappa shape index (κ1) is 18.2. The molecule has 0 bridgehead atoms. The van der Waals surface area contributed by atoms with Gasteiger partial charge in [0.05, 0.1) is 13.7 Å². The third-order valence-electron chi connectivity index (χ3n) is 2.87.